The summed E-state index contributed by atoms with van der Waals surface area (Å²) in [6.07, 6.45) is 59.9. The molecular weight excluding hydrogens is 504 g/mol. The summed E-state index contributed by atoms with van der Waals surface area (Å²) in [6, 6.07) is 0. The molecule has 1 radical (unpaired) electrons. The van der Waals surface area contributed by atoms with Crippen molar-refractivity contribution < 1.29 is 0 Å². The third-order valence-electron chi connectivity index (χ3n) is 9.77. The van der Waals surface area contributed by atoms with Gasteiger partial charge in [0.1, 0.15) is 0 Å². The van der Waals surface area contributed by atoms with Crippen molar-refractivity contribution in [3.63, 3.8) is 0 Å². The first-order valence-electron chi connectivity index (χ1n) is 20.7. The zero-order chi connectivity index (χ0) is 30.3. The van der Waals surface area contributed by atoms with Crippen molar-refractivity contribution in [1.29, 1.82) is 0 Å². The van der Waals surface area contributed by atoms with E-state index >= 15 is 0 Å². The molecule has 0 unspecified atom stereocenters. The highest BCUT2D eigenvalue weighted by Gasteiger charge is 1.98. The molecule has 0 aromatic rings. The lowest BCUT2D eigenvalue weighted by atomic mass is 10.0. The molecule has 0 aliphatic heterocycles. The molecule has 0 fully saturated rings. The molecule has 0 N–H and O–H groups in total. The zero-order valence-corrected chi connectivity index (χ0v) is 30.2. The summed E-state index contributed by atoms with van der Waals surface area (Å²) in [5.41, 5.74) is 0. The second-order valence-corrected chi connectivity index (χ2v) is 14.2. The second-order valence-electron chi connectivity index (χ2n) is 14.2. The zero-order valence-electron chi connectivity index (χ0n) is 30.2. The Morgan fingerprint density at radius 1 is 0.190 bits per heavy atom. The fraction of sp³-hybridized carbons (Fsp3) is 0.976. The minimum Gasteiger partial charge on any atom is -0.0654 e. The first-order valence-corrected chi connectivity index (χ1v) is 20.7. The highest BCUT2D eigenvalue weighted by Crippen LogP contribution is 2.17. The van der Waals surface area contributed by atoms with E-state index in [1.54, 1.807) is 0 Å². The monoisotopic (exact) mass is 590 g/mol. The van der Waals surface area contributed by atoms with Crippen LogP contribution in [0.1, 0.15) is 264 Å². The molecule has 0 rings (SSSR count). The van der Waals surface area contributed by atoms with Crippen LogP contribution in [0.4, 0.5) is 0 Å². The molecule has 0 amide bonds. The maximum Gasteiger partial charge on any atom is -0.0386 e. The fourth-order valence-corrected chi connectivity index (χ4v) is 6.70. The van der Waals surface area contributed by atoms with Gasteiger partial charge in [0.15, 0.2) is 0 Å². The van der Waals surface area contributed by atoms with Gasteiger partial charge in [-0.25, -0.2) is 0 Å². The third kappa shape index (κ3) is 40.0. The molecular formula is C42H85. The molecule has 0 nitrogen and oxygen atoms in total. The average Bonchev–Trinajstić information content (AvgIpc) is 3.00. The van der Waals surface area contributed by atoms with Gasteiger partial charge in [0, 0.05) is 0 Å². The largest absolute Gasteiger partial charge is 0.0654 e. The van der Waals surface area contributed by atoms with Crippen LogP contribution >= 0.6 is 0 Å². The predicted molar refractivity (Wildman–Crippen MR) is 196 cm³/mol. The van der Waals surface area contributed by atoms with Gasteiger partial charge in [-0.3, -0.25) is 0 Å². The molecule has 253 valence electrons. The lowest BCUT2D eigenvalue weighted by Gasteiger charge is -2.05. The van der Waals surface area contributed by atoms with E-state index in [2.05, 4.69) is 20.3 Å². The molecule has 0 aromatic heterocycles. The second kappa shape index (κ2) is 41.0. The lowest BCUT2D eigenvalue weighted by molar-refractivity contribution is 0.519. The third-order valence-corrected chi connectivity index (χ3v) is 9.77. The standard InChI is InChI=1S/C42H85/c1-3-5-7-9-11-13-15-17-19-21-23-25-27-29-31-33-35-37-39-41-42-40-38-36-34-32-30-28-26-24-22-20-18-16-14-12-10-8-6-4-2/h37H,3-36,38-42H2,1-2H3. The Morgan fingerprint density at radius 2 is 0.333 bits per heavy atom. The number of hydrogen-bond donors (Lipinski definition) is 0. The number of hydrogen-bond acceptors (Lipinski definition) is 0. The van der Waals surface area contributed by atoms with E-state index in [0.717, 1.165) is 0 Å². The summed E-state index contributed by atoms with van der Waals surface area (Å²) in [5.74, 6) is 0. The van der Waals surface area contributed by atoms with E-state index in [1.807, 2.05) is 0 Å². The fourth-order valence-electron chi connectivity index (χ4n) is 6.70. The molecule has 0 bridgehead atoms. The minimum absolute atomic E-state index is 1.37. The van der Waals surface area contributed by atoms with Crippen LogP contribution in [0.15, 0.2) is 0 Å². The van der Waals surface area contributed by atoms with Gasteiger partial charge in [0.25, 0.3) is 0 Å². The Bertz CT molecular complexity index is 386. The van der Waals surface area contributed by atoms with Crippen LogP contribution in [0, 0.1) is 6.42 Å². The van der Waals surface area contributed by atoms with Gasteiger partial charge in [-0.05, 0) is 6.42 Å². The Balaban J connectivity index is 3.02. The quantitative estimate of drug-likeness (QED) is 0.0625. The van der Waals surface area contributed by atoms with Crippen molar-refractivity contribution in [3.05, 3.63) is 6.42 Å². The van der Waals surface area contributed by atoms with Gasteiger partial charge in [-0.2, -0.15) is 0 Å². The molecule has 0 heterocycles. The number of unbranched alkanes of at least 4 members (excludes halogenated alkanes) is 39. The van der Waals surface area contributed by atoms with Gasteiger partial charge in [0.2, 0.25) is 0 Å². The van der Waals surface area contributed by atoms with E-state index in [9.17, 15) is 0 Å². The van der Waals surface area contributed by atoms with Gasteiger partial charge in [-0.1, -0.05) is 264 Å². The van der Waals surface area contributed by atoms with Crippen LogP contribution in [0.3, 0.4) is 0 Å². The molecule has 0 aromatic carbocycles. The van der Waals surface area contributed by atoms with Crippen LogP contribution in [0.5, 0.6) is 0 Å². The van der Waals surface area contributed by atoms with Crippen molar-refractivity contribution in [3.8, 4) is 0 Å². The molecule has 0 aliphatic rings. The SMILES string of the molecule is CCCCCCCCCCCCCCCCCC[CH]CCCCCCCCCCCCCCCCCCCCCCC. The first-order chi connectivity index (χ1) is 20.9. The van der Waals surface area contributed by atoms with E-state index in [4.69, 9.17) is 0 Å². The Morgan fingerprint density at radius 3 is 0.500 bits per heavy atom. The summed E-state index contributed by atoms with van der Waals surface area (Å²) in [5, 5.41) is 0. The topological polar surface area (TPSA) is 0 Å². The van der Waals surface area contributed by atoms with E-state index in [0.29, 0.717) is 0 Å². The van der Waals surface area contributed by atoms with Crippen LogP contribution in [0.2, 0.25) is 0 Å². The van der Waals surface area contributed by atoms with E-state index in [-0.39, 0.29) is 0 Å². The van der Waals surface area contributed by atoms with E-state index < -0.39 is 0 Å². The van der Waals surface area contributed by atoms with Crippen molar-refractivity contribution in [1.82, 2.24) is 0 Å². The van der Waals surface area contributed by atoms with Crippen molar-refractivity contribution in [2.75, 3.05) is 0 Å². The molecule has 42 heavy (non-hydrogen) atoms. The summed E-state index contributed by atoms with van der Waals surface area (Å²) in [4.78, 5) is 0. The van der Waals surface area contributed by atoms with Crippen LogP contribution in [-0.2, 0) is 0 Å². The van der Waals surface area contributed by atoms with Gasteiger partial charge in [-0.15, -0.1) is 0 Å². The molecule has 0 spiro atoms. The first kappa shape index (κ1) is 42.0. The highest BCUT2D eigenvalue weighted by molar-refractivity contribution is 4.65. The molecule has 0 heteroatoms. The lowest BCUT2D eigenvalue weighted by Crippen LogP contribution is -1.85. The van der Waals surface area contributed by atoms with Gasteiger partial charge in [0.05, 0.1) is 0 Å². The maximum atomic E-state index is 2.60. The minimum atomic E-state index is 1.37. The average molecular weight is 590 g/mol. The Kier molecular flexibility index (Phi) is 41.0. The van der Waals surface area contributed by atoms with Gasteiger partial charge >= 0.3 is 0 Å². The van der Waals surface area contributed by atoms with Gasteiger partial charge < -0.3 is 0 Å². The van der Waals surface area contributed by atoms with Crippen molar-refractivity contribution in [2.45, 2.75) is 264 Å². The highest BCUT2D eigenvalue weighted by atomic mass is 14.0. The predicted octanol–water partition coefficient (Wildman–Crippen LogP) is 16.4. The summed E-state index contributed by atoms with van der Waals surface area (Å²) in [7, 11) is 0. The van der Waals surface area contributed by atoms with Crippen molar-refractivity contribution >= 4 is 0 Å². The van der Waals surface area contributed by atoms with E-state index in [1.165, 1.54) is 250 Å². The van der Waals surface area contributed by atoms with Crippen LogP contribution in [0.25, 0.3) is 0 Å². The summed E-state index contributed by atoms with van der Waals surface area (Å²) >= 11 is 0. The summed E-state index contributed by atoms with van der Waals surface area (Å²) in [6.45, 7) is 4.62. The normalized spacial score (nSPS) is 11.6. The Hall–Kier alpha value is 0. The van der Waals surface area contributed by atoms with Crippen LogP contribution in [-0.4, -0.2) is 0 Å². The van der Waals surface area contributed by atoms with Crippen LogP contribution < -0.4 is 0 Å². The smallest absolute Gasteiger partial charge is 0.0386 e. The molecule has 0 aliphatic carbocycles. The molecule has 0 atom stereocenters. The molecule has 0 saturated heterocycles. The van der Waals surface area contributed by atoms with Crippen molar-refractivity contribution in [2.24, 2.45) is 0 Å². The molecule has 0 saturated carbocycles. The summed E-state index contributed by atoms with van der Waals surface area (Å²) < 4.78 is 0. The maximum absolute atomic E-state index is 2.60. The Labute approximate surface area is 270 Å². The number of rotatable bonds is 39.